The van der Waals surface area contributed by atoms with E-state index in [4.69, 9.17) is 4.74 Å². The number of aromatic nitrogens is 3. The molecule has 0 fully saturated rings. The Morgan fingerprint density at radius 1 is 1.06 bits per heavy atom. The zero-order chi connectivity index (χ0) is 22.4. The van der Waals surface area contributed by atoms with E-state index in [9.17, 15) is 9.59 Å². The van der Waals surface area contributed by atoms with Gasteiger partial charge in [0.15, 0.2) is 11.0 Å². The van der Waals surface area contributed by atoms with Gasteiger partial charge in [-0.15, -0.1) is 10.2 Å². The number of carbonyl (C=O) groups is 2. The lowest BCUT2D eigenvalue weighted by molar-refractivity contribution is -0.113. The lowest BCUT2D eigenvalue weighted by Crippen LogP contribution is -2.14. The van der Waals surface area contributed by atoms with E-state index in [0.29, 0.717) is 28.9 Å². The quantitative estimate of drug-likeness (QED) is 0.411. The molecule has 0 unspecified atom stereocenters. The molecule has 7 nitrogen and oxygen atoms in total. The fourth-order valence-corrected chi connectivity index (χ4v) is 3.65. The van der Waals surface area contributed by atoms with Gasteiger partial charge in [0.25, 0.3) is 0 Å². The molecule has 8 heteroatoms. The van der Waals surface area contributed by atoms with Gasteiger partial charge in [0.1, 0.15) is 0 Å². The van der Waals surface area contributed by atoms with Crippen LogP contribution in [0.2, 0.25) is 0 Å². The number of hydrogen-bond acceptors (Lipinski definition) is 6. The van der Waals surface area contributed by atoms with E-state index in [-0.39, 0.29) is 17.6 Å². The average molecular weight is 439 g/mol. The molecule has 1 N–H and O–H groups in total. The molecule has 0 aliphatic carbocycles. The molecule has 3 aromatic rings. The minimum atomic E-state index is -0.382. The standard InChI is InChI=1S/C23H26N4O3S/c1-5-30-22(29)18-10-12-19(13-11-18)24-20(28)14-31-23-26-25-21(27(23)4)17-8-6-16(7-9-17)15(2)3/h6-13,15H,5,14H2,1-4H3,(H,24,28). The van der Waals surface area contributed by atoms with Crippen molar-refractivity contribution in [3.05, 3.63) is 59.7 Å². The van der Waals surface area contributed by atoms with Gasteiger partial charge in [0, 0.05) is 18.3 Å². The van der Waals surface area contributed by atoms with Crippen molar-refractivity contribution < 1.29 is 14.3 Å². The van der Waals surface area contributed by atoms with Crippen molar-refractivity contribution in [2.75, 3.05) is 17.7 Å². The minimum Gasteiger partial charge on any atom is -0.462 e. The summed E-state index contributed by atoms with van der Waals surface area (Å²) in [5, 5.41) is 12.0. The highest BCUT2D eigenvalue weighted by Crippen LogP contribution is 2.24. The van der Waals surface area contributed by atoms with Crippen LogP contribution in [0.5, 0.6) is 0 Å². The Kier molecular flexibility index (Phi) is 7.46. The maximum absolute atomic E-state index is 12.3. The van der Waals surface area contributed by atoms with Crippen LogP contribution >= 0.6 is 11.8 Å². The summed E-state index contributed by atoms with van der Waals surface area (Å²) in [6, 6.07) is 14.9. The first-order valence-corrected chi connectivity index (χ1v) is 11.1. The normalized spacial score (nSPS) is 10.9. The first kappa shape index (κ1) is 22.6. The van der Waals surface area contributed by atoms with Crippen molar-refractivity contribution in [3.63, 3.8) is 0 Å². The van der Waals surface area contributed by atoms with Gasteiger partial charge >= 0.3 is 5.97 Å². The summed E-state index contributed by atoms with van der Waals surface area (Å²) in [7, 11) is 1.89. The molecule has 0 spiro atoms. The highest BCUT2D eigenvalue weighted by molar-refractivity contribution is 7.99. The van der Waals surface area contributed by atoms with Gasteiger partial charge in [-0.3, -0.25) is 4.79 Å². The van der Waals surface area contributed by atoms with Crippen molar-refractivity contribution >= 4 is 29.3 Å². The van der Waals surface area contributed by atoms with Crippen molar-refractivity contribution in [1.29, 1.82) is 0 Å². The van der Waals surface area contributed by atoms with Crippen LogP contribution in [0, 0.1) is 0 Å². The molecule has 1 heterocycles. The molecule has 0 aliphatic heterocycles. The first-order valence-electron chi connectivity index (χ1n) is 10.1. The summed E-state index contributed by atoms with van der Waals surface area (Å²) in [6.45, 7) is 6.39. The van der Waals surface area contributed by atoms with Crippen LogP contribution in [0.25, 0.3) is 11.4 Å². The summed E-state index contributed by atoms with van der Waals surface area (Å²) in [5.41, 5.74) is 3.31. The van der Waals surface area contributed by atoms with Crippen LogP contribution in [0.1, 0.15) is 42.6 Å². The third-order valence-electron chi connectivity index (χ3n) is 4.68. The Morgan fingerprint density at radius 3 is 2.35 bits per heavy atom. The molecule has 0 bridgehead atoms. The number of amides is 1. The molecule has 31 heavy (non-hydrogen) atoms. The Balaban J connectivity index is 1.58. The summed E-state index contributed by atoms with van der Waals surface area (Å²) >= 11 is 1.32. The number of carbonyl (C=O) groups excluding carboxylic acids is 2. The molecule has 162 valence electrons. The fourth-order valence-electron chi connectivity index (χ4n) is 2.94. The number of benzene rings is 2. The molecular formula is C23H26N4O3S. The van der Waals surface area contributed by atoms with E-state index in [1.165, 1.54) is 17.3 Å². The van der Waals surface area contributed by atoms with Crippen molar-refractivity contribution in [3.8, 4) is 11.4 Å². The van der Waals surface area contributed by atoms with Crippen LogP contribution in [-0.4, -0.2) is 39.0 Å². The topological polar surface area (TPSA) is 86.1 Å². The van der Waals surface area contributed by atoms with E-state index in [0.717, 1.165) is 11.4 Å². The fraction of sp³-hybridized carbons (Fsp3) is 0.304. The Morgan fingerprint density at radius 2 is 1.74 bits per heavy atom. The second kappa shape index (κ2) is 10.3. The molecule has 0 saturated heterocycles. The third kappa shape index (κ3) is 5.73. The molecular weight excluding hydrogens is 412 g/mol. The van der Waals surface area contributed by atoms with E-state index in [1.807, 2.05) is 23.7 Å². The van der Waals surface area contributed by atoms with E-state index in [1.54, 1.807) is 31.2 Å². The number of nitrogens with zero attached hydrogens (tertiary/aromatic N) is 3. The van der Waals surface area contributed by atoms with Crippen LogP contribution in [0.15, 0.2) is 53.7 Å². The zero-order valence-electron chi connectivity index (χ0n) is 18.1. The number of ether oxygens (including phenoxy) is 1. The lowest BCUT2D eigenvalue weighted by Gasteiger charge is -2.08. The van der Waals surface area contributed by atoms with Gasteiger partial charge in [0.2, 0.25) is 5.91 Å². The second-order valence-electron chi connectivity index (χ2n) is 7.28. The second-order valence-corrected chi connectivity index (χ2v) is 8.22. The van der Waals surface area contributed by atoms with Crippen molar-refractivity contribution in [2.45, 2.75) is 31.8 Å². The van der Waals surface area contributed by atoms with E-state index < -0.39 is 0 Å². The monoisotopic (exact) mass is 438 g/mol. The minimum absolute atomic E-state index is 0.167. The number of nitrogens with one attached hydrogen (secondary N) is 1. The molecule has 3 rings (SSSR count). The number of rotatable bonds is 8. The Labute approximate surface area is 186 Å². The Bertz CT molecular complexity index is 1040. The summed E-state index contributed by atoms with van der Waals surface area (Å²) in [4.78, 5) is 24.0. The number of esters is 1. The van der Waals surface area contributed by atoms with Crippen LogP contribution < -0.4 is 5.32 Å². The SMILES string of the molecule is CCOC(=O)c1ccc(NC(=O)CSc2nnc(-c3ccc(C(C)C)cc3)n2C)cc1. The highest BCUT2D eigenvalue weighted by Gasteiger charge is 2.14. The number of hydrogen-bond donors (Lipinski definition) is 1. The smallest absolute Gasteiger partial charge is 0.338 e. The molecule has 0 aliphatic rings. The predicted octanol–water partition coefficient (Wildman–Crippen LogP) is 4.51. The largest absolute Gasteiger partial charge is 0.462 e. The summed E-state index contributed by atoms with van der Waals surface area (Å²) in [6.07, 6.45) is 0. The Hall–Kier alpha value is -3.13. The summed E-state index contributed by atoms with van der Waals surface area (Å²) < 4.78 is 6.84. The van der Waals surface area contributed by atoms with E-state index >= 15 is 0 Å². The molecule has 0 atom stereocenters. The molecule has 0 saturated carbocycles. The van der Waals surface area contributed by atoms with Crippen molar-refractivity contribution in [1.82, 2.24) is 14.8 Å². The zero-order valence-corrected chi connectivity index (χ0v) is 18.9. The average Bonchev–Trinajstić information content (AvgIpc) is 3.13. The van der Waals surface area contributed by atoms with Gasteiger partial charge in [0.05, 0.1) is 17.9 Å². The molecule has 1 aromatic heterocycles. The molecule has 1 amide bonds. The maximum atomic E-state index is 12.3. The van der Waals surface area contributed by atoms with Gasteiger partial charge in [-0.2, -0.15) is 0 Å². The van der Waals surface area contributed by atoms with E-state index in [2.05, 4.69) is 41.5 Å². The van der Waals surface area contributed by atoms with Gasteiger partial charge in [-0.1, -0.05) is 49.9 Å². The predicted molar refractivity (Wildman–Crippen MR) is 122 cm³/mol. The summed E-state index contributed by atoms with van der Waals surface area (Å²) in [5.74, 6) is 0.873. The lowest BCUT2D eigenvalue weighted by atomic mass is 10.0. The van der Waals surface area contributed by atoms with Crippen molar-refractivity contribution in [2.24, 2.45) is 7.05 Å². The van der Waals surface area contributed by atoms with Gasteiger partial charge in [-0.05, 0) is 42.7 Å². The van der Waals surface area contributed by atoms with Crippen LogP contribution in [0.3, 0.4) is 0 Å². The van der Waals surface area contributed by atoms with Gasteiger partial charge < -0.3 is 14.6 Å². The molecule has 0 radical (unpaired) electrons. The van der Waals surface area contributed by atoms with Crippen LogP contribution in [-0.2, 0) is 16.6 Å². The van der Waals surface area contributed by atoms with Crippen LogP contribution in [0.4, 0.5) is 5.69 Å². The maximum Gasteiger partial charge on any atom is 0.338 e. The number of anilines is 1. The van der Waals surface area contributed by atoms with Gasteiger partial charge in [-0.25, -0.2) is 4.79 Å². The highest BCUT2D eigenvalue weighted by atomic mass is 32.2. The first-order chi connectivity index (χ1) is 14.9. The number of thioether (sulfide) groups is 1. The molecule has 2 aromatic carbocycles. The third-order valence-corrected chi connectivity index (χ3v) is 5.70.